The molecule has 0 aliphatic heterocycles. The average molecular weight is 211 g/mol. The Balaban J connectivity index is 0. The fourth-order valence-electron chi connectivity index (χ4n) is 0.865. The Morgan fingerprint density at radius 3 is 2.69 bits per heavy atom. The number of halogens is 1. The molecule has 4 N–H and O–H groups in total. The molecule has 5 heteroatoms. The predicted molar refractivity (Wildman–Crippen MR) is 54.8 cm³/mol. The molecule has 0 radical (unpaired) electrons. The van der Waals surface area contributed by atoms with Gasteiger partial charge in [0, 0.05) is 6.54 Å². The van der Waals surface area contributed by atoms with Crippen molar-refractivity contribution in [3.8, 4) is 0 Å². The van der Waals surface area contributed by atoms with Crippen LogP contribution < -0.4 is 11.1 Å². The maximum Gasteiger partial charge on any atom is 0.236 e. The molecular weight excluding hydrogens is 192 g/mol. The minimum Gasteiger partial charge on any atom is -0.395 e. The highest BCUT2D eigenvalue weighted by Gasteiger charge is 2.10. The third-order valence-electron chi connectivity index (χ3n) is 1.62. The summed E-state index contributed by atoms with van der Waals surface area (Å²) < 4.78 is 0. The van der Waals surface area contributed by atoms with Crippen molar-refractivity contribution in [2.24, 2.45) is 5.73 Å². The van der Waals surface area contributed by atoms with Gasteiger partial charge >= 0.3 is 0 Å². The lowest BCUT2D eigenvalue weighted by Gasteiger charge is -2.10. The second kappa shape index (κ2) is 9.77. The highest BCUT2D eigenvalue weighted by Crippen LogP contribution is 1.97. The van der Waals surface area contributed by atoms with E-state index in [2.05, 4.69) is 12.2 Å². The topological polar surface area (TPSA) is 75.4 Å². The molecule has 1 amide bonds. The van der Waals surface area contributed by atoms with Gasteiger partial charge in [0.1, 0.15) is 0 Å². The second-order valence-electron chi connectivity index (χ2n) is 2.76. The molecule has 0 aliphatic carbocycles. The summed E-state index contributed by atoms with van der Waals surface area (Å²) >= 11 is 0. The van der Waals surface area contributed by atoms with Crippen LogP contribution in [-0.2, 0) is 4.79 Å². The van der Waals surface area contributed by atoms with Gasteiger partial charge in [-0.3, -0.25) is 4.79 Å². The molecule has 0 heterocycles. The minimum atomic E-state index is -0.420. The molecule has 1 atom stereocenters. The quantitative estimate of drug-likeness (QED) is 0.579. The largest absolute Gasteiger partial charge is 0.395 e. The fourth-order valence-corrected chi connectivity index (χ4v) is 0.865. The predicted octanol–water partition coefficient (Wildman–Crippen LogP) is 0.0342. The molecule has 0 bridgehead atoms. The highest BCUT2D eigenvalue weighted by molar-refractivity contribution is 5.85. The zero-order valence-electron chi connectivity index (χ0n) is 7.95. The van der Waals surface area contributed by atoms with E-state index in [0.29, 0.717) is 13.0 Å². The molecule has 0 aromatic heterocycles. The van der Waals surface area contributed by atoms with Crippen molar-refractivity contribution in [3.05, 3.63) is 0 Å². The van der Waals surface area contributed by atoms with E-state index in [4.69, 9.17) is 10.8 Å². The SMILES string of the molecule is CCCC[C@H](N)C(=O)NCCO.Cl. The van der Waals surface area contributed by atoms with Gasteiger partial charge < -0.3 is 16.2 Å². The van der Waals surface area contributed by atoms with Gasteiger partial charge in [0.05, 0.1) is 12.6 Å². The second-order valence-corrected chi connectivity index (χ2v) is 2.76. The summed E-state index contributed by atoms with van der Waals surface area (Å²) in [7, 11) is 0. The molecule has 0 unspecified atom stereocenters. The Hall–Kier alpha value is -0.320. The minimum absolute atomic E-state index is 0. The number of hydrogen-bond acceptors (Lipinski definition) is 3. The van der Waals surface area contributed by atoms with Crippen LogP contribution in [0, 0.1) is 0 Å². The first-order valence-corrected chi connectivity index (χ1v) is 4.36. The van der Waals surface area contributed by atoms with Gasteiger partial charge in [-0.2, -0.15) is 0 Å². The molecule has 0 aliphatic rings. The lowest BCUT2D eigenvalue weighted by molar-refractivity contribution is -0.122. The van der Waals surface area contributed by atoms with Crippen LogP contribution in [0.15, 0.2) is 0 Å². The third-order valence-corrected chi connectivity index (χ3v) is 1.62. The number of nitrogens with one attached hydrogen (secondary N) is 1. The Morgan fingerprint density at radius 1 is 1.62 bits per heavy atom. The number of carbonyl (C=O) groups excluding carboxylic acids is 1. The number of nitrogens with two attached hydrogens (primary N) is 1. The molecule has 0 fully saturated rings. The van der Waals surface area contributed by atoms with E-state index in [9.17, 15) is 4.79 Å². The molecule has 4 nitrogen and oxygen atoms in total. The first-order chi connectivity index (χ1) is 5.72. The molecule has 0 saturated heterocycles. The number of aliphatic hydroxyl groups excluding tert-OH is 1. The Labute approximate surface area is 85.3 Å². The molecular formula is C8H19ClN2O2. The van der Waals surface area contributed by atoms with E-state index in [-0.39, 0.29) is 24.9 Å². The van der Waals surface area contributed by atoms with E-state index >= 15 is 0 Å². The van der Waals surface area contributed by atoms with E-state index in [1.165, 1.54) is 0 Å². The van der Waals surface area contributed by atoms with Gasteiger partial charge in [0.15, 0.2) is 0 Å². The average Bonchev–Trinajstić information content (AvgIpc) is 2.10. The summed E-state index contributed by atoms with van der Waals surface area (Å²) in [6.07, 6.45) is 2.72. The van der Waals surface area contributed by atoms with Crippen LogP contribution in [0.5, 0.6) is 0 Å². The standard InChI is InChI=1S/C8H18N2O2.ClH/c1-2-3-4-7(9)8(12)10-5-6-11;/h7,11H,2-6,9H2,1H3,(H,10,12);1H/t7-;/m0./s1. The number of unbranched alkanes of at least 4 members (excludes halogenated alkanes) is 1. The van der Waals surface area contributed by atoms with Crippen molar-refractivity contribution in [2.45, 2.75) is 32.2 Å². The first kappa shape index (κ1) is 15.2. The molecule has 80 valence electrons. The number of rotatable bonds is 6. The van der Waals surface area contributed by atoms with Gasteiger partial charge in [0.25, 0.3) is 0 Å². The number of aliphatic hydroxyl groups is 1. The molecule has 13 heavy (non-hydrogen) atoms. The Morgan fingerprint density at radius 2 is 2.23 bits per heavy atom. The van der Waals surface area contributed by atoms with Crippen molar-refractivity contribution in [2.75, 3.05) is 13.2 Å². The van der Waals surface area contributed by atoms with Crippen LogP contribution in [0.2, 0.25) is 0 Å². The van der Waals surface area contributed by atoms with Crippen LogP contribution in [0.25, 0.3) is 0 Å². The zero-order valence-corrected chi connectivity index (χ0v) is 8.77. The van der Waals surface area contributed by atoms with Crippen molar-refractivity contribution in [3.63, 3.8) is 0 Å². The molecule has 0 aromatic rings. The van der Waals surface area contributed by atoms with E-state index < -0.39 is 6.04 Å². The summed E-state index contributed by atoms with van der Waals surface area (Å²) in [6.45, 7) is 2.31. The van der Waals surface area contributed by atoms with Crippen LogP contribution in [-0.4, -0.2) is 30.2 Å². The highest BCUT2D eigenvalue weighted by atomic mass is 35.5. The van der Waals surface area contributed by atoms with Crippen molar-refractivity contribution in [1.29, 1.82) is 0 Å². The molecule has 0 aromatic carbocycles. The van der Waals surface area contributed by atoms with Gasteiger partial charge in [0.2, 0.25) is 5.91 Å². The van der Waals surface area contributed by atoms with Crippen LogP contribution in [0.1, 0.15) is 26.2 Å². The molecule has 0 saturated carbocycles. The van der Waals surface area contributed by atoms with Gasteiger partial charge in [-0.25, -0.2) is 0 Å². The van der Waals surface area contributed by atoms with Crippen LogP contribution in [0.3, 0.4) is 0 Å². The van der Waals surface area contributed by atoms with Crippen molar-refractivity contribution >= 4 is 18.3 Å². The van der Waals surface area contributed by atoms with Gasteiger partial charge in [-0.05, 0) is 6.42 Å². The van der Waals surface area contributed by atoms with Crippen molar-refractivity contribution < 1.29 is 9.90 Å². The monoisotopic (exact) mass is 210 g/mol. The third kappa shape index (κ3) is 8.02. The summed E-state index contributed by atoms with van der Waals surface area (Å²) in [4.78, 5) is 11.1. The lowest BCUT2D eigenvalue weighted by atomic mass is 10.1. The van der Waals surface area contributed by atoms with Crippen molar-refractivity contribution in [1.82, 2.24) is 5.32 Å². The van der Waals surface area contributed by atoms with Gasteiger partial charge in [-0.1, -0.05) is 19.8 Å². The molecule has 0 spiro atoms. The smallest absolute Gasteiger partial charge is 0.236 e. The normalized spacial score (nSPS) is 11.6. The first-order valence-electron chi connectivity index (χ1n) is 4.36. The number of carbonyl (C=O) groups is 1. The van der Waals surface area contributed by atoms with E-state index in [0.717, 1.165) is 12.8 Å². The maximum absolute atomic E-state index is 11.1. The maximum atomic E-state index is 11.1. The fraction of sp³-hybridized carbons (Fsp3) is 0.875. The summed E-state index contributed by atoms with van der Waals surface area (Å²) in [6, 6.07) is -0.420. The Bertz CT molecular complexity index is 133. The van der Waals surface area contributed by atoms with Crippen LogP contribution >= 0.6 is 12.4 Å². The summed E-state index contributed by atoms with van der Waals surface area (Å²) in [5, 5.41) is 10.9. The van der Waals surface area contributed by atoms with Crippen LogP contribution in [0.4, 0.5) is 0 Å². The van der Waals surface area contributed by atoms with Gasteiger partial charge in [-0.15, -0.1) is 12.4 Å². The summed E-state index contributed by atoms with van der Waals surface area (Å²) in [5.74, 6) is -0.169. The zero-order chi connectivity index (χ0) is 9.40. The van der Waals surface area contributed by atoms with E-state index in [1.807, 2.05) is 0 Å². The Kier molecular flexibility index (Phi) is 11.4. The van der Waals surface area contributed by atoms with E-state index in [1.54, 1.807) is 0 Å². The summed E-state index contributed by atoms with van der Waals surface area (Å²) in [5.41, 5.74) is 5.55. The molecule has 0 rings (SSSR count). The lowest BCUT2D eigenvalue weighted by Crippen LogP contribution is -2.41. The number of amides is 1. The number of hydrogen-bond donors (Lipinski definition) is 3.